The van der Waals surface area contributed by atoms with Crippen LogP contribution in [0.25, 0.3) is 0 Å². The highest BCUT2D eigenvalue weighted by atomic mass is 19.4. The molecule has 4 aliphatic heterocycles. The van der Waals surface area contributed by atoms with Crippen LogP contribution in [0.1, 0.15) is 45.6 Å². The first-order valence-electron chi connectivity index (χ1n) is 20.1. The van der Waals surface area contributed by atoms with Crippen LogP contribution >= 0.6 is 0 Å². The van der Waals surface area contributed by atoms with Crippen molar-refractivity contribution in [3.8, 4) is 5.75 Å². The van der Waals surface area contributed by atoms with Crippen molar-refractivity contribution < 1.29 is 70.0 Å². The van der Waals surface area contributed by atoms with Gasteiger partial charge in [0.1, 0.15) is 59.9 Å². The highest BCUT2D eigenvalue weighted by Gasteiger charge is 2.48. The number of hydrogen-bond donors (Lipinski definition) is 5. The molecule has 0 aliphatic carbocycles. The number of esters is 1. The van der Waals surface area contributed by atoms with Crippen LogP contribution in [0.5, 0.6) is 5.75 Å². The molecular weight excluding hydrogens is 833 g/mol. The summed E-state index contributed by atoms with van der Waals surface area (Å²) < 4.78 is 82.0. The fourth-order valence-electron chi connectivity index (χ4n) is 8.26. The predicted octanol–water partition coefficient (Wildman–Crippen LogP) is 1.78. The molecule has 338 valence electrons. The van der Waals surface area contributed by atoms with Gasteiger partial charge in [-0.05, 0) is 81.0 Å². The van der Waals surface area contributed by atoms with Crippen molar-refractivity contribution >= 4 is 41.3 Å². The van der Waals surface area contributed by atoms with E-state index in [1.54, 1.807) is 0 Å². The maximum absolute atomic E-state index is 14.3. The summed E-state index contributed by atoms with van der Waals surface area (Å²) in [6, 6.07) is -2.25. The number of nitrogens with zero attached hydrogens (tertiary/aromatic N) is 3. The number of aliphatic hydroxyl groups excluding tert-OH is 1. The van der Waals surface area contributed by atoms with Gasteiger partial charge in [-0.3, -0.25) is 24.1 Å². The number of alkyl halides is 3. The van der Waals surface area contributed by atoms with Gasteiger partial charge in [-0.25, -0.2) is 18.4 Å². The third-order valence-corrected chi connectivity index (χ3v) is 11.2. The Kier molecular flexibility index (Phi) is 14.2. The number of morpholine rings is 1. The van der Waals surface area contributed by atoms with Gasteiger partial charge in [0.2, 0.25) is 23.6 Å². The van der Waals surface area contributed by atoms with Crippen molar-refractivity contribution in [2.24, 2.45) is 5.92 Å². The molecule has 1 unspecified atom stereocenters. The summed E-state index contributed by atoms with van der Waals surface area (Å²) in [7, 11) is 0. The Morgan fingerprint density at radius 1 is 0.952 bits per heavy atom. The summed E-state index contributed by atoms with van der Waals surface area (Å²) in [5.74, 6) is -6.45. The number of amides is 6. The molecule has 4 fully saturated rings. The third-order valence-electron chi connectivity index (χ3n) is 11.2. The molecule has 0 radical (unpaired) electrons. The van der Waals surface area contributed by atoms with E-state index in [0.717, 1.165) is 36.4 Å². The quantitative estimate of drug-likeness (QED) is 0.200. The maximum Gasteiger partial charge on any atom is 0.573 e. The number of carbonyl (C=O) groups is 6. The van der Waals surface area contributed by atoms with Gasteiger partial charge in [0.05, 0.1) is 19.3 Å². The number of urea groups is 1. The first-order valence-corrected chi connectivity index (χ1v) is 20.1. The van der Waals surface area contributed by atoms with E-state index in [9.17, 15) is 55.8 Å². The van der Waals surface area contributed by atoms with Gasteiger partial charge >= 0.3 is 18.4 Å². The zero-order valence-corrected chi connectivity index (χ0v) is 34.0. The Morgan fingerprint density at radius 3 is 2.32 bits per heavy atom. The van der Waals surface area contributed by atoms with Crippen molar-refractivity contribution in [2.75, 3.05) is 38.2 Å². The minimum atomic E-state index is -4.97. The van der Waals surface area contributed by atoms with E-state index < -0.39 is 114 Å². The van der Waals surface area contributed by atoms with Crippen molar-refractivity contribution in [3.05, 3.63) is 59.7 Å². The van der Waals surface area contributed by atoms with Crippen LogP contribution in [0, 0.1) is 17.6 Å². The summed E-state index contributed by atoms with van der Waals surface area (Å²) in [5, 5.41) is 22.2. The number of halogens is 5. The van der Waals surface area contributed by atoms with Crippen LogP contribution in [0.3, 0.4) is 0 Å². The molecule has 4 aliphatic rings. The molecule has 4 heterocycles. The number of hydrogen-bond acceptors (Lipinski definition) is 11. The van der Waals surface area contributed by atoms with Crippen LogP contribution in [-0.4, -0.2) is 143 Å². The molecule has 0 saturated carbocycles. The SMILES string of the molecule is C[C@H]1C[C@H]2C(=O)O[C@@H](C)[C@H](NC(=O)[C@H](Cc3cc(F)cc(F)c3)NC(=O)Nc3ccc(OC(F)(F)F)cc3)C(O)N3CCC[C@H]3C(=O)N3CCOC[C@H]3C(=O)N[C@@H](C)C(=O)N2C1. The highest BCUT2D eigenvalue weighted by molar-refractivity contribution is 5.95. The summed E-state index contributed by atoms with van der Waals surface area (Å²) in [5.41, 5.74) is -0.118. The average Bonchev–Trinajstić information content (AvgIpc) is 3.85. The number of benzene rings is 2. The molecule has 0 bridgehead atoms. The van der Waals surface area contributed by atoms with Crippen molar-refractivity contribution in [1.29, 1.82) is 0 Å². The molecule has 5 N–H and O–H groups in total. The van der Waals surface area contributed by atoms with Crippen LogP contribution in [0.15, 0.2) is 42.5 Å². The lowest BCUT2D eigenvalue weighted by Gasteiger charge is -2.41. The summed E-state index contributed by atoms with van der Waals surface area (Å²) in [6.07, 6.45) is -7.86. The monoisotopic (exact) mass is 881 g/mol. The van der Waals surface area contributed by atoms with Gasteiger partial charge in [-0.1, -0.05) is 6.92 Å². The van der Waals surface area contributed by atoms with E-state index in [4.69, 9.17) is 9.47 Å². The molecule has 9 atom stereocenters. The standard InChI is InChI=1S/C40H48F5N7O10/c1-20-13-30-38(58)61-22(3)32(37(57)50-10-4-5-29(50)36(56)51-11-12-60-19-31(51)34(54)46-21(2)35(55)52(30)18-20)49-33(53)28(16-23-14-24(41)17-25(42)15-23)48-39(59)47-26-6-8-27(9-7-26)62-40(43,44)45/h6-9,14-15,17,20-22,28-32,37,57H,4-5,10-13,16,18-19H2,1-3H3,(H,46,54)(H,49,53)(H2,47,48,59)/t20-,21-,22-,28-,29-,30-,31-,32-,37?/m0/s1. The number of rotatable bonds is 7. The van der Waals surface area contributed by atoms with Crippen molar-refractivity contribution in [3.63, 3.8) is 0 Å². The van der Waals surface area contributed by atoms with Crippen molar-refractivity contribution in [2.45, 2.75) is 101 Å². The second-order valence-corrected chi connectivity index (χ2v) is 15.9. The molecular formula is C40H48F5N7O10. The van der Waals surface area contributed by atoms with E-state index in [1.165, 1.54) is 28.5 Å². The number of aliphatic hydroxyl groups is 1. The molecule has 2 aromatic carbocycles. The normalized spacial score (nSPS) is 28.2. The molecule has 22 heteroatoms. The average molecular weight is 882 g/mol. The fourth-order valence-corrected chi connectivity index (χ4v) is 8.26. The molecule has 62 heavy (non-hydrogen) atoms. The van der Waals surface area contributed by atoms with Gasteiger partial charge in [0, 0.05) is 37.8 Å². The maximum atomic E-state index is 14.3. The number of nitrogens with one attached hydrogen (secondary N) is 4. The number of cyclic esters (lactones) is 1. The van der Waals surface area contributed by atoms with Gasteiger partial charge in [0.15, 0.2) is 0 Å². The predicted molar refractivity (Wildman–Crippen MR) is 206 cm³/mol. The van der Waals surface area contributed by atoms with Gasteiger partial charge in [-0.15, -0.1) is 13.2 Å². The van der Waals surface area contributed by atoms with Crippen LogP contribution in [0.2, 0.25) is 0 Å². The number of fused-ring (bicyclic) bond motifs is 3. The van der Waals surface area contributed by atoms with E-state index in [2.05, 4.69) is 26.0 Å². The second-order valence-electron chi connectivity index (χ2n) is 15.9. The lowest BCUT2D eigenvalue weighted by molar-refractivity contribution is -0.274. The van der Waals surface area contributed by atoms with E-state index in [-0.39, 0.29) is 62.9 Å². The topological polar surface area (TPSA) is 208 Å². The first-order chi connectivity index (χ1) is 29.3. The molecule has 6 rings (SSSR count). The number of carbonyl (C=O) groups excluding carboxylic acids is 6. The number of anilines is 1. The Morgan fingerprint density at radius 2 is 1.65 bits per heavy atom. The molecule has 6 amide bonds. The third kappa shape index (κ3) is 11.1. The first kappa shape index (κ1) is 45.9. The zero-order chi connectivity index (χ0) is 45.0. The Balaban J connectivity index is 1.31. The Labute approximate surface area is 352 Å². The smallest absolute Gasteiger partial charge is 0.459 e. The van der Waals surface area contributed by atoms with E-state index >= 15 is 0 Å². The molecule has 2 aromatic rings. The lowest BCUT2D eigenvalue weighted by atomic mass is 10.0. The minimum absolute atomic E-state index is 0.0150. The number of ether oxygens (including phenoxy) is 3. The van der Waals surface area contributed by atoms with Crippen molar-refractivity contribution in [1.82, 2.24) is 30.7 Å². The largest absolute Gasteiger partial charge is 0.573 e. The lowest BCUT2D eigenvalue weighted by Crippen LogP contribution is -2.65. The molecule has 0 aromatic heterocycles. The second kappa shape index (κ2) is 19.2. The van der Waals surface area contributed by atoms with Crippen LogP contribution in [0.4, 0.5) is 32.4 Å². The molecule has 0 spiro atoms. The summed E-state index contributed by atoms with van der Waals surface area (Å²) in [6.45, 7) is 4.85. The molecule has 4 saturated heterocycles. The summed E-state index contributed by atoms with van der Waals surface area (Å²) in [4.78, 5) is 87.2. The van der Waals surface area contributed by atoms with Crippen LogP contribution in [-0.2, 0) is 39.9 Å². The highest BCUT2D eigenvalue weighted by Crippen LogP contribution is 2.29. The van der Waals surface area contributed by atoms with Gasteiger partial charge < -0.3 is 50.4 Å². The van der Waals surface area contributed by atoms with E-state index in [1.807, 2.05) is 6.92 Å². The van der Waals surface area contributed by atoms with E-state index in [0.29, 0.717) is 12.5 Å². The summed E-state index contributed by atoms with van der Waals surface area (Å²) >= 11 is 0. The van der Waals surface area contributed by atoms with Gasteiger partial charge in [-0.2, -0.15) is 0 Å². The van der Waals surface area contributed by atoms with Gasteiger partial charge in [0.25, 0.3) is 0 Å². The Hall–Kier alpha value is -5.61. The minimum Gasteiger partial charge on any atom is -0.459 e. The Bertz CT molecular complexity index is 1990. The van der Waals surface area contributed by atoms with Crippen LogP contribution < -0.4 is 26.0 Å². The molecule has 17 nitrogen and oxygen atoms in total. The fraction of sp³-hybridized carbons (Fsp3) is 0.550. The zero-order valence-electron chi connectivity index (χ0n) is 34.0.